The van der Waals surface area contributed by atoms with Gasteiger partial charge in [0.2, 0.25) is 5.91 Å². The van der Waals surface area contributed by atoms with Gasteiger partial charge in [-0.3, -0.25) is 4.79 Å². The monoisotopic (exact) mass is 726 g/mol. The first-order valence-corrected chi connectivity index (χ1v) is 21.8. The molecule has 1 aliphatic rings. The number of aliphatic hydroxyl groups excluding tert-OH is 5. The van der Waals surface area contributed by atoms with E-state index in [9.17, 15) is 30.3 Å². The maximum Gasteiger partial charge on any atom is 0.220 e. The molecule has 8 heteroatoms. The molecule has 7 atom stereocenters. The fourth-order valence-corrected chi connectivity index (χ4v) is 7.32. The molecule has 1 rings (SSSR count). The minimum atomic E-state index is -1.44. The van der Waals surface area contributed by atoms with Crippen LogP contribution in [0.1, 0.15) is 206 Å². The molecule has 1 fully saturated rings. The van der Waals surface area contributed by atoms with Crippen molar-refractivity contribution in [2.45, 2.75) is 249 Å². The normalized spacial score (nSPS) is 22.1. The summed E-state index contributed by atoms with van der Waals surface area (Å²) in [5.41, 5.74) is 0. The molecule has 0 aromatic rings. The van der Waals surface area contributed by atoms with Crippen molar-refractivity contribution in [3.05, 3.63) is 12.2 Å². The second-order valence-electron chi connectivity index (χ2n) is 15.6. The summed E-state index contributed by atoms with van der Waals surface area (Å²) in [6, 6.07) is -0.574. The minimum absolute atomic E-state index is 0.0960. The predicted octanol–water partition coefficient (Wildman–Crippen LogP) is 8.97. The van der Waals surface area contributed by atoms with Gasteiger partial charge in [-0.25, -0.2) is 0 Å². The lowest BCUT2D eigenvalue weighted by Gasteiger charge is -2.40. The number of rotatable bonds is 35. The molecule has 1 heterocycles. The van der Waals surface area contributed by atoms with E-state index in [1.165, 1.54) is 141 Å². The first-order valence-electron chi connectivity index (χ1n) is 21.8. The zero-order valence-electron chi connectivity index (χ0n) is 33.2. The van der Waals surface area contributed by atoms with Crippen LogP contribution in [-0.2, 0) is 9.53 Å². The lowest BCUT2D eigenvalue weighted by Crippen LogP contribution is -2.58. The van der Waals surface area contributed by atoms with Crippen LogP contribution in [-0.4, -0.2) is 80.7 Å². The molecule has 0 spiro atoms. The quantitative estimate of drug-likeness (QED) is 0.0283. The van der Waals surface area contributed by atoms with Gasteiger partial charge in [0.25, 0.3) is 0 Å². The van der Waals surface area contributed by atoms with Gasteiger partial charge in [0.15, 0.2) is 0 Å². The number of carbonyl (C=O) groups is 1. The Hall–Kier alpha value is -1.03. The lowest BCUT2D eigenvalue weighted by atomic mass is 9.91. The maximum absolute atomic E-state index is 13.0. The van der Waals surface area contributed by atoms with Gasteiger partial charge in [-0.05, 0) is 32.1 Å². The molecule has 1 saturated heterocycles. The van der Waals surface area contributed by atoms with Crippen LogP contribution in [0.2, 0.25) is 0 Å². The molecule has 0 radical (unpaired) electrons. The van der Waals surface area contributed by atoms with Crippen molar-refractivity contribution < 1.29 is 35.1 Å². The Morgan fingerprint density at radius 1 is 0.608 bits per heavy atom. The molecular weight excluding hydrogens is 642 g/mol. The number of allylic oxidation sites excluding steroid dienone is 1. The van der Waals surface area contributed by atoms with Gasteiger partial charge in [0, 0.05) is 6.42 Å². The number of nitrogens with one attached hydrogen (secondary N) is 1. The van der Waals surface area contributed by atoms with E-state index >= 15 is 0 Å². The van der Waals surface area contributed by atoms with Crippen molar-refractivity contribution in [2.24, 2.45) is 0 Å². The summed E-state index contributed by atoms with van der Waals surface area (Å²) < 4.78 is 5.69. The van der Waals surface area contributed by atoms with Crippen molar-refractivity contribution in [3.63, 3.8) is 0 Å². The molecule has 51 heavy (non-hydrogen) atoms. The predicted molar refractivity (Wildman–Crippen MR) is 211 cm³/mol. The van der Waals surface area contributed by atoms with Gasteiger partial charge in [-0.15, -0.1) is 0 Å². The van der Waals surface area contributed by atoms with Gasteiger partial charge in [0.1, 0.15) is 24.4 Å². The number of amides is 1. The maximum atomic E-state index is 13.0. The van der Waals surface area contributed by atoms with Gasteiger partial charge in [-0.2, -0.15) is 0 Å². The Kier molecular flexibility index (Phi) is 31.6. The molecule has 0 aromatic carbocycles. The Balaban J connectivity index is 2.39. The summed E-state index contributed by atoms with van der Waals surface area (Å²) >= 11 is 0. The van der Waals surface area contributed by atoms with Crippen LogP contribution in [0.25, 0.3) is 0 Å². The summed E-state index contributed by atoms with van der Waals surface area (Å²) in [7, 11) is 0. The molecular formula is C43H83NO7. The Labute approximate surface area is 313 Å². The molecule has 8 nitrogen and oxygen atoms in total. The second kappa shape index (κ2) is 33.5. The molecule has 0 aromatic heterocycles. The molecule has 1 amide bonds. The standard InChI is InChI=1S/C43H83NO7/c1-3-5-7-9-11-13-15-17-18-20-22-24-26-28-30-32-40(47)44-36(33-34-38-41(48)43(50)42(49)39(35-45)51-38)37(46)31-29-27-25-23-21-19-16-14-12-10-8-6-4-2/h29,31,36-39,41-43,45-46,48-50H,3-28,30,32-35H2,1-2H3,(H,44,47)/b31-29+/t36?,37?,38-,39+,41-,42-,43+/m1/s1. The molecule has 6 N–H and O–H groups in total. The van der Waals surface area contributed by atoms with Crippen LogP contribution in [0.3, 0.4) is 0 Å². The van der Waals surface area contributed by atoms with Crippen LogP contribution in [0.5, 0.6) is 0 Å². The molecule has 0 bridgehead atoms. The van der Waals surface area contributed by atoms with Crippen LogP contribution >= 0.6 is 0 Å². The fraction of sp³-hybridized carbons (Fsp3) is 0.930. The third-order valence-electron chi connectivity index (χ3n) is 10.8. The highest BCUT2D eigenvalue weighted by Gasteiger charge is 2.43. The number of ether oxygens (including phenoxy) is 1. The Morgan fingerprint density at radius 3 is 1.47 bits per heavy atom. The summed E-state index contributed by atoms with van der Waals surface area (Å²) in [6.45, 7) is 4.04. The number of hydrogen-bond acceptors (Lipinski definition) is 7. The summed E-state index contributed by atoms with van der Waals surface area (Å²) in [6.07, 6.45) is 31.9. The second-order valence-corrected chi connectivity index (χ2v) is 15.6. The van der Waals surface area contributed by atoms with E-state index in [-0.39, 0.29) is 12.3 Å². The fourth-order valence-electron chi connectivity index (χ4n) is 7.32. The van der Waals surface area contributed by atoms with Crippen molar-refractivity contribution in [3.8, 4) is 0 Å². The molecule has 0 aliphatic carbocycles. The topological polar surface area (TPSA) is 139 Å². The number of carbonyl (C=O) groups excluding carboxylic acids is 1. The molecule has 0 saturated carbocycles. The number of aliphatic hydroxyl groups is 5. The third kappa shape index (κ3) is 24.8. The number of unbranched alkanes of at least 4 members (excludes halogenated alkanes) is 25. The summed E-state index contributed by atoms with van der Waals surface area (Å²) in [4.78, 5) is 13.0. The largest absolute Gasteiger partial charge is 0.394 e. The summed E-state index contributed by atoms with van der Waals surface area (Å²) in [5.74, 6) is -0.0960. The third-order valence-corrected chi connectivity index (χ3v) is 10.8. The van der Waals surface area contributed by atoms with Crippen LogP contribution in [0.4, 0.5) is 0 Å². The SMILES string of the molecule is CCCCCCCCCCCCC/C=C/C(O)C(CC[C@H]1O[C@@H](CO)[C@@H](O)[C@@H](O)[C@@H]1O)NC(=O)CCCCCCCCCCCCCCCCC. The highest BCUT2D eigenvalue weighted by atomic mass is 16.5. The van der Waals surface area contributed by atoms with E-state index in [1.54, 1.807) is 6.08 Å². The van der Waals surface area contributed by atoms with Crippen molar-refractivity contribution >= 4 is 5.91 Å². The van der Waals surface area contributed by atoms with Gasteiger partial charge in [0.05, 0.1) is 24.9 Å². The van der Waals surface area contributed by atoms with Gasteiger partial charge < -0.3 is 35.6 Å². The van der Waals surface area contributed by atoms with Crippen LogP contribution < -0.4 is 5.32 Å². The van der Waals surface area contributed by atoms with Crippen LogP contribution in [0.15, 0.2) is 12.2 Å². The highest BCUT2D eigenvalue weighted by molar-refractivity contribution is 5.76. The van der Waals surface area contributed by atoms with Crippen molar-refractivity contribution in [1.29, 1.82) is 0 Å². The van der Waals surface area contributed by atoms with Crippen molar-refractivity contribution in [2.75, 3.05) is 6.61 Å². The van der Waals surface area contributed by atoms with E-state index in [4.69, 9.17) is 4.74 Å². The first kappa shape index (κ1) is 48.0. The minimum Gasteiger partial charge on any atom is -0.394 e. The first-order chi connectivity index (χ1) is 24.8. The van der Waals surface area contributed by atoms with Gasteiger partial charge >= 0.3 is 0 Å². The zero-order chi connectivity index (χ0) is 37.4. The average Bonchev–Trinajstić information content (AvgIpc) is 3.13. The molecule has 2 unspecified atom stereocenters. The van der Waals surface area contributed by atoms with Crippen molar-refractivity contribution in [1.82, 2.24) is 5.32 Å². The lowest BCUT2D eigenvalue weighted by molar-refractivity contribution is -0.230. The highest BCUT2D eigenvalue weighted by Crippen LogP contribution is 2.25. The molecule has 1 aliphatic heterocycles. The Morgan fingerprint density at radius 2 is 1.02 bits per heavy atom. The molecule has 302 valence electrons. The van der Waals surface area contributed by atoms with Crippen LogP contribution in [0, 0.1) is 0 Å². The van der Waals surface area contributed by atoms with E-state index in [0.717, 1.165) is 32.1 Å². The van der Waals surface area contributed by atoms with E-state index in [2.05, 4.69) is 19.2 Å². The summed E-state index contributed by atoms with van der Waals surface area (Å²) in [5, 5.41) is 54.5. The van der Waals surface area contributed by atoms with E-state index < -0.39 is 49.3 Å². The average molecular weight is 726 g/mol. The zero-order valence-corrected chi connectivity index (χ0v) is 33.2. The number of hydrogen-bond donors (Lipinski definition) is 6. The van der Waals surface area contributed by atoms with Gasteiger partial charge in [-0.1, -0.05) is 180 Å². The van der Waals surface area contributed by atoms with E-state index in [1.807, 2.05) is 6.08 Å². The smallest absolute Gasteiger partial charge is 0.220 e. The van der Waals surface area contributed by atoms with E-state index in [0.29, 0.717) is 12.8 Å². The Bertz CT molecular complexity index is 809.